The molecule has 1 N–H and O–H groups in total. The number of hydrogen-bond donors (Lipinski definition) is 1. The van der Waals surface area contributed by atoms with Crippen LogP contribution in [-0.4, -0.2) is 17.8 Å². The Bertz CT molecular complexity index is 155. The van der Waals surface area contributed by atoms with Gasteiger partial charge in [-0.05, 0) is 18.8 Å². The van der Waals surface area contributed by atoms with E-state index in [9.17, 15) is 4.79 Å². The van der Waals surface area contributed by atoms with Crippen LogP contribution in [0.15, 0.2) is 0 Å². The summed E-state index contributed by atoms with van der Waals surface area (Å²) in [7, 11) is 0. The van der Waals surface area contributed by atoms with Crippen LogP contribution < -0.4 is 5.32 Å². The van der Waals surface area contributed by atoms with E-state index in [2.05, 4.69) is 21.2 Å². The molecule has 0 saturated heterocycles. The van der Waals surface area contributed by atoms with Crippen molar-refractivity contribution >= 4 is 21.8 Å². The smallest absolute Gasteiger partial charge is 0.230 e. The molecule has 0 atom stereocenters. The maximum Gasteiger partial charge on any atom is 0.230 e. The molecule has 0 aliphatic heterocycles. The van der Waals surface area contributed by atoms with Gasteiger partial charge in [-0.3, -0.25) is 4.79 Å². The molecule has 0 spiro atoms. The van der Waals surface area contributed by atoms with Crippen LogP contribution in [0.4, 0.5) is 0 Å². The van der Waals surface area contributed by atoms with E-state index < -0.39 is 0 Å². The van der Waals surface area contributed by atoms with Crippen molar-refractivity contribution in [2.45, 2.75) is 38.5 Å². The fraction of sp³-hybridized carbons (Fsp3) is 0.900. The molecule has 0 unspecified atom stereocenters. The van der Waals surface area contributed by atoms with Gasteiger partial charge in [0.15, 0.2) is 0 Å². The average molecular weight is 248 g/mol. The van der Waals surface area contributed by atoms with Crippen LogP contribution in [0.3, 0.4) is 0 Å². The highest BCUT2D eigenvalue weighted by atomic mass is 79.9. The first-order valence-corrected chi connectivity index (χ1v) is 6.27. The molecule has 0 heterocycles. The highest BCUT2D eigenvalue weighted by molar-refractivity contribution is 9.09. The maximum atomic E-state index is 10.8. The van der Waals surface area contributed by atoms with Crippen LogP contribution in [0.2, 0.25) is 0 Å². The predicted molar refractivity (Wildman–Crippen MR) is 58.0 cm³/mol. The van der Waals surface area contributed by atoms with Crippen molar-refractivity contribution in [3.63, 3.8) is 0 Å². The van der Waals surface area contributed by atoms with Crippen LogP contribution in [-0.2, 0) is 4.79 Å². The van der Waals surface area contributed by atoms with E-state index in [0.29, 0.717) is 5.33 Å². The van der Waals surface area contributed by atoms with E-state index in [1.54, 1.807) is 0 Å². The Morgan fingerprint density at radius 2 is 2.08 bits per heavy atom. The third-order valence-corrected chi connectivity index (χ3v) is 3.22. The molecule has 76 valence electrons. The number of nitrogens with one attached hydrogen (secondary N) is 1. The lowest BCUT2D eigenvalue weighted by molar-refractivity contribution is -0.118. The monoisotopic (exact) mass is 247 g/mol. The number of halogens is 1. The topological polar surface area (TPSA) is 29.1 Å². The van der Waals surface area contributed by atoms with Gasteiger partial charge in [-0.2, -0.15) is 0 Å². The Kier molecular flexibility index (Phi) is 5.44. The van der Waals surface area contributed by atoms with Crippen molar-refractivity contribution in [2.75, 3.05) is 11.9 Å². The van der Waals surface area contributed by atoms with Crippen molar-refractivity contribution in [1.82, 2.24) is 5.32 Å². The number of carbonyl (C=O) groups excluding carboxylic acids is 1. The first kappa shape index (κ1) is 11.0. The summed E-state index contributed by atoms with van der Waals surface area (Å²) in [5, 5.41) is 3.30. The minimum absolute atomic E-state index is 0.103. The van der Waals surface area contributed by atoms with Crippen molar-refractivity contribution in [1.29, 1.82) is 0 Å². The lowest BCUT2D eigenvalue weighted by Gasteiger charge is -2.08. The van der Waals surface area contributed by atoms with Gasteiger partial charge in [-0.25, -0.2) is 0 Å². The zero-order chi connectivity index (χ0) is 9.52. The maximum absolute atomic E-state index is 10.8. The molecule has 1 aliphatic carbocycles. The Labute approximate surface area is 88.6 Å². The first-order valence-electron chi connectivity index (χ1n) is 5.15. The number of rotatable bonds is 5. The lowest BCUT2D eigenvalue weighted by Crippen LogP contribution is -2.25. The van der Waals surface area contributed by atoms with Crippen LogP contribution in [0.1, 0.15) is 38.5 Å². The van der Waals surface area contributed by atoms with Gasteiger partial charge in [-0.1, -0.05) is 41.6 Å². The van der Waals surface area contributed by atoms with Crippen LogP contribution in [0.25, 0.3) is 0 Å². The van der Waals surface area contributed by atoms with E-state index in [0.717, 1.165) is 18.9 Å². The standard InChI is InChI=1S/C10H18BrNO/c11-8-10(13)12-7-3-6-9-4-1-2-5-9/h9H,1-8H2,(H,12,13). The van der Waals surface area contributed by atoms with Crippen LogP contribution in [0, 0.1) is 5.92 Å². The number of carbonyl (C=O) groups is 1. The molecule has 1 saturated carbocycles. The molecule has 2 nitrogen and oxygen atoms in total. The molecule has 0 aromatic heterocycles. The Morgan fingerprint density at radius 1 is 1.38 bits per heavy atom. The second-order valence-electron chi connectivity index (χ2n) is 3.78. The summed E-state index contributed by atoms with van der Waals surface area (Å²) >= 11 is 3.12. The van der Waals surface area contributed by atoms with Gasteiger partial charge in [-0.15, -0.1) is 0 Å². The van der Waals surface area contributed by atoms with Crippen LogP contribution >= 0.6 is 15.9 Å². The molecule has 1 rings (SSSR count). The molecular weight excluding hydrogens is 230 g/mol. The molecule has 0 radical (unpaired) electrons. The van der Waals surface area contributed by atoms with Gasteiger partial charge in [0.2, 0.25) is 5.91 Å². The second-order valence-corrected chi connectivity index (χ2v) is 4.34. The molecule has 0 aromatic carbocycles. The Morgan fingerprint density at radius 3 is 2.69 bits per heavy atom. The van der Waals surface area contributed by atoms with Gasteiger partial charge < -0.3 is 5.32 Å². The summed E-state index contributed by atoms with van der Waals surface area (Å²) in [6.07, 6.45) is 8.08. The van der Waals surface area contributed by atoms with Crippen molar-refractivity contribution < 1.29 is 4.79 Å². The third kappa shape index (κ3) is 4.65. The number of hydrogen-bond acceptors (Lipinski definition) is 1. The van der Waals surface area contributed by atoms with Crippen molar-refractivity contribution in [3.8, 4) is 0 Å². The SMILES string of the molecule is O=C(CBr)NCCCC1CCCC1. The largest absolute Gasteiger partial charge is 0.355 e. The summed E-state index contributed by atoms with van der Waals surface area (Å²) in [5.74, 6) is 1.05. The molecule has 1 amide bonds. The van der Waals surface area contributed by atoms with Crippen molar-refractivity contribution in [2.24, 2.45) is 5.92 Å². The third-order valence-electron chi connectivity index (χ3n) is 2.71. The fourth-order valence-corrected chi connectivity index (χ4v) is 2.16. The Balaban J connectivity index is 1.91. The first-order chi connectivity index (χ1) is 6.33. The summed E-state index contributed by atoms with van der Waals surface area (Å²) < 4.78 is 0. The molecule has 1 fully saturated rings. The van der Waals surface area contributed by atoms with E-state index in [1.165, 1.54) is 32.1 Å². The van der Waals surface area contributed by atoms with E-state index in [-0.39, 0.29) is 5.91 Å². The summed E-state index contributed by atoms with van der Waals surface area (Å²) in [6, 6.07) is 0. The summed E-state index contributed by atoms with van der Waals surface area (Å²) in [5.41, 5.74) is 0. The van der Waals surface area contributed by atoms with Gasteiger partial charge >= 0.3 is 0 Å². The predicted octanol–water partition coefficient (Wildman–Crippen LogP) is 2.47. The zero-order valence-electron chi connectivity index (χ0n) is 8.02. The second kappa shape index (κ2) is 6.41. The van der Waals surface area contributed by atoms with Gasteiger partial charge in [0.1, 0.15) is 0 Å². The molecule has 0 bridgehead atoms. The summed E-state index contributed by atoms with van der Waals surface area (Å²) in [6.45, 7) is 0.848. The molecule has 1 aliphatic rings. The highest BCUT2D eigenvalue weighted by Crippen LogP contribution is 2.28. The quantitative estimate of drug-likeness (QED) is 0.587. The lowest BCUT2D eigenvalue weighted by atomic mass is 10.0. The minimum Gasteiger partial charge on any atom is -0.355 e. The number of alkyl halides is 1. The fourth-order valence-electron chi connectivity index (χ4n) is 1.96. The summed E-state index contributed by atoms with van der Waals surface area (Å²) in [4.78, 5) is 10.8. The van der Waals surface area contributed by atoms with Crippen molar-refractivity contribution in [3.05, 3.63) is 0 Å². The number of amides is 1. The Hall–Kier alpha value is -0.0500. The zero-order valence-corrected chi connectivity index (χ0v) is 9.61. The molecule has 0 aromatic rings. The molecule has 3 heteroatoms. The average Bonchev–Trinajstić information content (AvgIpc) is 2.64. The van der Waals surface area contributed by atoms with Crippen LogP contribution in [0.5, 0.6) is 0 Å². The van der Waals surface area contributed by atoms with Gasteiger partial charge in [0.25, 0.3) is 0 Å². The van der Waals surface area contributed by atoms with E-state index in [4.69, 9.17) is 0 Å². The highest BCUT2D eigenvalue weighted by Gasteiger charge is 2.13. The van der Waals surface area contributed by atoms with E-state index in [1.807, 2.05) is 0 Å². The normalized spacial score (nSPS) is 17.6. The minimum atomic E-state index is 0.103. The molecular formula is C10H18BrNO. The van der Waals surface area contributed by atoms with E-state index >= 15 is 0 Å². The van der Waals surface area contributed by atoms with Gasteiger partial charge in [0, 0.05) is 6.54 Å². The van der Waals surface area contributed by atoms with Gasteiger partial charge in [0.05, 0.1) is 5.33 Å². The molecule has 13 heavy (non-hydrogen) atoms.